The van der Waals surface area contributed by atoms with Crippen LogP contribution in [-0.4, -0.2) is 17.1 Å². The quantitative estimate of drug-likeness (QED) is 0.923. The summed E-state index contributed by atoms with van der Waals surface area (Å²) in [5.74, 6) is 1.18. The molecular weight excluding hydrogens is 272 g/mol. The van der Waals surface area contributed by atoms with Crippen LogP contribution in [-0.2, 0) is 11.2 Å². The zero-order valence-corrected chi connectivity index (χ0v) is 11.0. The number of aromatic amines is 1. The van der Waals surface area contributed by atoms with Gasteiger partial charge in [-0.2, -0.15) is 0 Å². The van der Waals surface area contributed by atoms with Gasteiger partial charge in [-0.15, -0.1) is 0 Å². The minimum atomic E-state index is -0.121. The summed E-state index contributed by atoms with van der Waals surface area (Å²) in [5.41, 5.74) is 0.672. The Labute approximate surface area is 103 Å². The summed E-state index contributed by atoms with van der Waals surface area (Å²) < 4.78 is 5.94. The highest BCUT2D eigenvalue weighted by Gasteiger charge is 2.34. The Hall–Kier alpha value is -0.680. The van der Waals surface area contributed by atoms with E-state index in [1.807, 2.05) is 6.92 Å². The number of nitrogens with zero attached hydrogens (tertiary/aromatic N) is 1. The number of ether oxygens (including phenoxy) is 1. The zero-order chi connectivity index (χ0) is 11.7. The normalized spacial score (nSPS) is 17.4. The van der Waals surface area contributed by atoms with Crippen molar-refractivity contribution in [2.45, 2.75) is 32.3 Å². The number of H-pyrrole nitrogens is 1. The highest BCUT2D eigenvalue weighted by Crippen LogP contribution is 2.41. The van der Waals surface area contributed by atoms with Gasteiger partial charge in [0.2, 0.25) is 0 Å². The maximum absolute atomic E-state index is 11.7. The summed E-state index contributed by atoms with van der Waals surface area (Å²) in [5, 5.41) is 0. The van der Waals surface area contributed by atoms with Crippen LogP contribution in [0.25, 0.3) is 0 Å². The molecule has 0 saturated heterocycles. The highest BCUT2D eigenvalue weighted by atomic mass is 79.9. The van der Waals surface area contributed by atoms with Gasteiger partial charge < -0.3 is 9.72 Å². The first-order valence-electron chi connectivity index (χ1n) is 5.48. The average molecular weight is 287 g/mol. The van der Waals surface area contributed by atoms with E-state index in [9.17, 15) is 4.79 Å². The van der Waals surface area contributed by atoms with Gasteiger partial charge in [-0.05, 0) is 41.1 Å². The fourth-order valence-corrected chi connectivity index (χ4v) is 2.29. The van der Waals surface area contributed by atoms with Crippen LogP contribution in [0.4, 0.5) is 0 Å². The maximum Gasteiger partial charge on any atom is 0.265 e. The van der Waals surface area contributed by atoms with Crippen molar-refractivity contribution in [1.82, 2.24) is 9.97 Å². The molecule has 1 saturated carbocycles. The molecule has 1 atom stereocenters. The predicted octanol–water partition coefficient (Wildman–Crippen LogP) is 2.19. The molecule has 5 heteroatoms. The van der Waals surface area contributed by atoms with Crippen molar-refractivity contribution in [2.24, 2.45) is 5.92 Å². The summed E-state index contributed by atoms with van der Waals surface area (Å²) in [4.78, 5) is 18.9. The molecule has 16 heavy (non-hydrogen) atoms. The van der Waals surface area contributed by atoms with Crippen LogP contribution in [0.15, 0.2) is 9.27 Å². The third-order valence-electron chi connectivity index (χ3n) is 2.86. The van der Waals surface area contributed by atoms with E-state index in [0.29, 0.717) is 16.2 Å². The number of nitrogens with one attached hydrogen (secondary N) is 1. The van der Waals surface area contributed by atoms with Gasteiger partial charge in [0.15, 0.2) is 0 Å². The van der Waals surface area contributed by atoms with Gasteiger partial charge in [0, 0.05) is 7.11 Å². The topological polar surface area (TPSA) is 55.0 Å². The number of aromatic nitrogens is 2. The molecule has 1 unspecified atom stereocenters. The lowest BCUT2D eigenvalue weighted by Gasteiger charge is -2.14. The van der Waals surface area contributed by atoms with Gasteiger partial charge in [0.1, 0.15) is 16.4 Å². The van der Waals surface area contributed by atoms with Crippen LogP contribution in [0.1, 0.15) is 37.4 Å². The largest absolute Gasteiger partial charge is 0.373 e. The van der Waals surface area contributed by atoms with E-state index in [4.69, 9.17) is 4.74 Å². The molecule has 4 nitrogen and oxygen atoms in total. The molecule has 0 amide bonds. The van der Waals surface area contributed by atoms with Crippen LogP contribution < -0.4 is 5.56 Å². The molecule has 0 bridgehead atoms. The van der Waals surface area contributed by atoms with Gasteiger partial charge in [-0.3, -0.25) is 4.79 Å². The highest BCUT2D eigenvalue weighted by molar-refractivity contribution is 9.10. The first kappa shape index (κ1) is 11.8. The average Bonchev–Trinajstić information content (AvgIpc) is 3.08. The summed E-state index contributed by atoms with van der Waals surface area (Å²) in [6.45, 7) is 1.98. The summed E-state index contributed by atoms with van der Waals surface area (Å²) in [7, 11) is 1.66. The van der Waals surface area contributed by atoms with Gasteiger partial charge in [0.25, 0.3) is 5.56 Å². The third-order valence-corrected chi connectivity index (χ3v) is 3.68. The minimum absolute atomic E-state index is 0.0638. The van der Waals surface area contributed by atoms with E-state index in [1.165, 1.54) is 0 Å². The van der Waals surface area contributed by atoms with E-state index in [-0.39, 0.29) is 11.7 Å². The van der Waals surface area contributed by atoms with Crippen LogP contribution in [0.5, 0.6) is 0 Å². The van der Waals surface area contributed by atoms with E-state index in [0.717, 1.165) is 25.0 Å². The Balaban J connectivity index is 2.40. The fraction of sp³-hybridized carbons (Fsp3) is 0.636. The van der Waals surface area contributed by atoms with Gasteiger partial charge in [-0.25, -0.2) is 4.98 Å². The summed E-state index contributed by atoms with van der Waals surface area (Å²) >= 11 is 3.25. The van der Waals surface area contributed by atoms with Crippen molar-refractivity contribution in [3.63, 3.8) is 0 Å². The third kappa shape index (κ3) is 2.20. The molecule has 0 radical (unpaired) electrons. The van der Waals surface area contributed by atoms with Crippen LogP contribution in [0.3, 0.4) is 0 Å². The molecule has 0 spiro atoms. The molecule has 1 N–H and O–H groups in total. The SMILES string of the molecule is CCc1nc(C(OC)C2CC2)[nH]c(=O)c1Br. The van der Waals surface area contributed by atoms with E-state index >= 15 is 0 Å². The number of aryl methyl sites for hydroxylation is 1. The lowest BCUT2D eigenvalue weighted by atomic mass is 10.2. The molecule has 88 valence electrons. The first-order chi connectivity index (χ1) is 7.67. The van der Waals surface area contributed by atoms with E-state index in [2.05, 4.69) is 25.9 Å². The van der Waals surface area contributed by atoms with Crippen molar-refractivity contribution in [1.29, 1.82) is 0 Å². The number of hydrogen-bond acceptors (Lipinski definition) is 3. The maximum atomic E-state index is 11.7. The first-order valence-corrected chi connectivity index (χ1v) is 6.28. The predicted molar refractivity (Wildman–Crippen MR) is 64.4 cm³/mol. The van der Waals surface area contributed by atoms with Crippen molar-refractivity contribution in [2.75, 3.05) is 7.11 Å². The summed E-state index contributed by atoms with van der Waals surface area (Å²) in [6.07, 6.45) is 2.98. The van der Waals surface area contributed by atoms with Crippen LogP contribution in [0.2, 0.25) is 0 Å². The molecule has 0 aliphatic heterocycles. The smallest absolute Gasteiger partial charge is 0.265 e. The number of hydrogen-bond donors (Lipinski definition) is 1. The molecule has 2 rings (SSSR count). The lowest BCUT2D eigenvalue weighted by Crippen LogP contribution is -2.19. The zero-order valence-electron chi connectivity index (χ0n) is 9.42. The minimum Gasteiger partial charge on any atom is -0.373 e. The van der Waals surface area contributed by atoms with E-state index in [1.54, 1.807) is 7.11 Å². The monoisotopic (exact) mass is 286 g/mol. The number of halogens is 1. The standard InChI is InChI=1S/C11H15BrN2O2/c1-3-7-8(12)11(15)14-10(13-7)9(16-2)6-4-5-6/h6,9H,3-5H2,1-2H3,(H,13,14,15). The Bertz CT molecular complexity index is 440. The Kier molecular flexibility index (Phi) is 3.44. The second kappa shape index (κ2) is 4.67. The van der Waals surface area contributed by atoms with Crippen molar-refractivity contribution >= 4 is 15.9 Å². The Morgan fingerprint density at radius 1 is 1.62 bits per heavy atom. The van der Waals surface area contributed by atoms with Crippen molar-refractivity contribution < 1.29 is 4.74 Å². The molecular formula is C11H15BrN2O2. The molecule has 1 aliphatic carbocycles. The summed E-state index contributed by atoms with van der Waals surface area (Å²) in [6, 6.07) is 0. The molecule has 1 aliphatic rings. The molecule has 1 aromatic heterocycles. The second-order valence-corrected chi connectivity index (χ2v) is 4.85. The lowest BCUT2D eigenvalue weighted by molar-refractivity contribution is 0.0767. The van der Waals surface area contributed by atoms with Crippen LogP contribution in [0, 0.1) is 5.92 Å². The molecule has 1 aromatic rings. The molecule has 1 heterocycles. The molecule has 1 fully saturated rings. The van der Waals surface area contributed by atoms with Gasteiger partial charge >= 0.3 is 0 Å². The van der Waals surface area contributed by atoms with Crippen LogP contribution >= 0.6 is 15.9 Å². The van der Waals surface area contributed by atoms with E-state index < -0.39 is 0 Å². The fourth-order valence-electron chi connectivity index (χ4n) is 1.82. The van der Waals surface area contributed by atoms with Crippen molar-refractivity contribution in [3.05, 3.63) is 26.3 Å². The Morgan fingerprint density at radius 3 is 2.81 bits per heavy atom. The van der Waals surface area contributed by atoms with Gasteiger partial charge in [0.05, 0.1) is 5.69 Å². The number of rotatable bonds is 4. The van der Waals surface area contributed by atoms with Gasteiger partial charge in [-0.1, -0.05) is 6.92 Å². The second-order valence-electron chi connectivity index (χ2n) is 4.06. The molecule has 0 aromatic carbocycles. The Morgan fingerprint density at radius 2 is 2.31 bits per heavy atom. The van der Waals surface area contributed by atoms with Crippen molar-refractivity contribution in [3.8, 4) is 0 Å². The number of methoxy groups -OCH3 is 1.